The number of nitrogens with one attached hydrogen (secondary N) is 1. The molecule has 0 saturated carbocycles. The van der Waals surface area contributed by atoms with Gasteiger partial charge in [-0.15, -0.1) is 0 Å². The first-order chi connectivity index (χ1) is 12.0. The van der Waals surface area contributed by atoms with Crippen LogP contribution >= 0.6 is 0 Å². The van der Waals surface area contributed by atoms with E-state index in [0.29, 0.717) is 24.7 Å². The van der Waals surface area contributed by atoms with Crippen LogP contribution in [0.3, 0.4) is 0 Å². The Bertz CT molecular complexity index is 877. The third-order valence-corrected chi connectivity index (χ3v) is 5.32. The number of nitrogens with zero attached hydrogens (tertiary/aromatic N) is 2. The molecule has 0 bridgehead atoms. The van der Waals surface area contributed by atoms with Gasteiger partial charge in [-0.25, -0.2) is 18.1 Å². The molecule has 1 heterocycles. The summed E-state index contributed by atoms with van der Waals surface area (Å²) in [5.74, 6) is 1.13. The molecule has 0 spiro atoms. The number of hydrogen-bond donors (Lipinski definition) is 1. The Hall–Kier alpha value is -2.54. The van der Waals surface area contributed by atoms with Crippen LogP contribution in [-0.4, -0.2) is 28.0 Å². The Balaban J connectivity index is 1.93. The molecule has 1 aliphatic rings. The standard InChI is InChI=1S/C18H21N3O3S/c1-3-12-21-16-6-4-5-7-17(16)25(22,23)20-18(21)19-13-14-8-10-15(24-2)11-9-14/h4-11H,3,12-13H2,1-2H3,(H,19,20). The molecule has 0 aromatic heterocycles. The van der Waals surface area contributed by atoms with Crippen LogP contribution in [0.2, 0.25) is 0 Å². The summed E-state index contributed by atoms with van der Waals surface area (Å²) < 4.78 is 32.7. The minimum absolute atomic E-state index is 0.284. The lowest BCUT2D eigenvalue weighted by atomic mass is 10.2. The monoisotopic (exact) mass is 359 g/mol. The molecule has 1 aliphatic heterocycles. The summed E-state index contributed by atoms with van der Waals surface area (Å²) >= 11 is 0. The molecule has 0 fully saturated rings. The molecule has 0 amide bonds. The minimum Gasteiger partial charge on any atom is -0.497 e. The van der Waals surface area contributed by atoms with Gasteiger partial charge in [0.1, 0.15) is 10.6 Å². The minimum atomic E-state index is -3.60. The van der Waals surface area contributed by atoms with E-state index in [1.807, 2.05) is 48.2 Å². The summed E-state index contributed by atoms with van der Waals surface area (Å²) in [5.41, 5.74) is 1.64. The quantitative estimate of drug-likeness (QED) is 0.891. The summed E-state index contributed by atoms with van der Waals surface area (Å²) in [7, 11) is -1.98. The number of methoxy groups -OCH3 is 1. The summed E-state index contributed by atoms with van der Waals surface area (Å²) in [4.78, 5) is 6.72. The van der Waals surface area contributed by atoms with Gasteiger partial charge in [0.05, 0.1) is 19.3 Å². The maximum absolute atomic E-state index is 12.5. The maximum Gasteiger partial charge on any atom is 0.266 e. The lowest BCUT2D eigenvalue weighted by Gasteiger charge is -2.32. The van der Waals surface area contributed by atoms with E-state index in [4.69, 9.17) is 4.74 Å². The number of fused-ring (bicyclic) bond motifs is 1. The number of sulfonamides is 1. The van der Waals surface area contributed by atoms with E-state index in [9.17, 15) is 8.42 Å². The molecule has 0 saturated heterocycles. The fourth-order valence-electron chi connectivity index (χ4n) is 2.72. The highest BCUT2D eigenvalue weighted by Gasteiger charge is 2.31. The van der Waals surface area contributed by atoms with Crippen molar-refractivity contribution in [1.82, 2.24) is 4.72 Å². The third kappa shape index (κ3) is 3.61. The van der Waals surface area contributed by atoms with Crippen molar-refractivity contribution in [2.75, 3.05) is 18.6 Å². The SMILES string of the molecule is CCCN1C(=NCc2ccc(OC)cc2)NS(=O)(=O)c2ccccc21. The highest BCUT2D eigenvalue weighted by molar-refractivity contribution is 7.90. The molecule has 2 aromatic carbocycles. The maximum atomic E-state index is 12.5. The van der Waals surface area contributed by atoms with Gasteiger partial charge in [-0.3, -0.25) is 0 Å². The van der Waals surface area contributed by atoms with Crippen molar-refractivity contribution in [3.8, 4) is 5.75 Å². The van der Waals surface area contributed by atoms with E-state index in [2.05, 4.69) is 9.71 Å². The summed E-state index contributed by atoms with van der Waals surface area (Å²) in [6, 6.07) is 14.5. The van der Waals surface area contributed by atoms with Crippen molar-refractivity contribution >= 4 is 21.7 Å². The van der Waals surface area contributed by atoms with Crippen LogP contribution in [0.25, 0.3) is 0 Å². The van der Waals surface area contributed by atoms with Crippen molar-refractivity contribution < 1.29 is 13.2 Å². The summed E-state index contributed by atoms with van der Waals surface area (Å²) in [6.45, 7) is 3.11. The summed E-state index contributed by atoms with van der Waals surface area (Å²) in [5, 5.41) is 0. The predicted molar refractivity (Wildman–Crippen MR) is 98.5 cm³/mol. The van der Waals surface area contributed by atoms with E-state index >= 15 is 0 Å². The molecular weight excluding hydrogens is 338 g/mol. The van der Waals surface area contributed by atoms with E-state index in [-0.39, 0.29) is 4.90 Å². The van der Waals surface area contributed by atoms with Crippen LogP contribution in [0.15, 0.2) is 58.4 Å². The number of ether oxygens (including phenoxy) is 1. The van der Waals surface area contributed by atoms with Crippen molar-refractivity contribution in [1.29, 1.82) is 0 Å². The first-order valence-electron chi connectivity index (χ1n) is 8.12. The van der Waals surface area contributed by atoms with Crippen LogP contribution in [0.5, 0.6) is 5.75 Å². The van der Waals surface area contributed by atoms with Gasteiger partial charge >= 0.3 is 0 Å². The number of anilines is 1. The van der Waals surface area contributed by atoms with Gasteiger partial charge in [0.15, 0.2) is 0 Å². The Morgan fingerprint density at radius 2 is 1.84 bits per heavy atom. The Kier molecular flexibility index (Phi) is 4.94. The molecule has 132 valence electrons. The van der Waals surface area contributed by atoms with E-state index < -0.39 is 10.0 Å². The van der Waals surface area contributed by atoms with Gasteiger partial charge in [0.2, 0.25) is 5.96 Å². The zero-order chi connectivity index (χ0) is 17.9. The smallest absolute Gasteiger partial charge is 0.266 e. The van der Waals surface area contributed by atoms with Crippen LogP contribution in [-0.2, 0) is 16.6 Å². The first kappa shape index (κ1) is 17.3. The Morgan fingerprint density at radius 1 is 1.12 bits per heavy atom. The lowest BCUT2D eigenvalue weighted by molar-refractivity contribution is 0.414. The molecule has 25 heavy (non-hydrogen) atoms. The van der Waals surface area contributed by atoms with Gasteiger partial charge in [0.25, 0.3) is 10.0 Å². The second-order valence-corrected chi connectivity index (χ2v) is 7.36. The molecule has 0 unspecified atom stereocenters. The van der Waals surface area contributed by atoms with Gasteiger partial charge in [-0.05, 0) is 36.2 Å². The van der Waals surface area contributed by atoms with Crippen LogP contribution < -0.4 is 14.4 Å². The average molecular weight is 359 g/mol. The number of rotatable bonds is 5. The number of hydrogen-bond acceptors (Lipinski definition) is 4. The fraction of sp³-hybridized carbons (Fsp3) is 0.278. The van der Waals surface area contributed by atoms with Crippen molar-refractivity contribution in [2.24, 2.45) is 4.99 Å². The molecule has 0 radical (unpaired) electrons. The van der Waals surface area contributed by atoms with Crippen LogP contribution in [0.1, 0.15) is 18.9 Å². The van der Waals surface area contributed by atoms with Crippen molar-refractivity contribution in [2.45, 2.75) is 24.8 Å². The lowest BCUT2D eigenvalue weighted by Crippen LogP contribution is -2.49. The molecule has 0 atom stereocenters. The van der Waals surface area contributed by atoms with Gasteiger partial charge in [0, 0.05) is 6.54 Å². The van der Waals surface area contributed by atoms with E-state index in [0.717, 1.165) is 17.7 Å². The zero-order valence-corrected chi connectivity index (χ0v) is 15.1. The highest BCUT2D eigenvalue weighted by Crippen LogP contribution is 2.29. The molecule has 7 heteroatoms. The Morgan fingerprint density at radius 3 is 2.52 bits per heavy atom. The number of aliphatic imine (C=N–C) groups is 1. The van der Waals surface area contributed by atoms with Crippen molar-refractivity contribution in [3.05, 3.63) is 54.1 Å². The highest BCUT2D eigenvalue weighted by atomic mass is 32.2. The second kappa shape index (κ2) is 7.14. The topological polar surface area (TPSA) is 71.0 Å². The second-order valence-electron chi connectivity index (χ2n) is 5.71. The molecule has 1 N–H and O–H groups in total. The first-order valence-corrected chi connectivity index (χ1v) is 9.60. The summed E-state index contributed by atoms with van der Waals surface area (Å²) in [6.07, 6.45) is 0.873. The average Bonchev–Trinajstić information content (AvgIpc) is 2.63. The third-order valence-electron chi connectivity index (χ3n) is 3.94. The normalized spacial score (nSPS) is 17.0. The van der Waals surface area contributed by atoms with Crippen LogP contribution in [0, 0.1) is 0 Å². The zero-order valence-electron chi connectivity index (χ0n) is 14.3. The number of para-hydroxylation sites is 1. The fourth-order valence-corrected chi connectivity index (χ4v) is 3.95. The van der Waals surface area contributed by atoms with Crippen molar-refractivity contribution in [3.63, 3.8) is 0 Å². The molecule has 3 rings (SSSR count). The number of guanidine groups is 1. The molecule has 0 aliphatic carbocycles. The van der Waals surface area contributed by atoms with E-state index in [1.54, 1.807) is 19.2 Å². The largest absolute Gasteiger partial charge is 0.497 e. The van der Waals surface area contributed by atoms with Crippen LogP contribution in [0.4, 0.5) is 5.69 Å². The van der Waals surface area contributed by atoms with Gasteiger partial charge < -0.3 is 9.64 Å². The molecular formula is C18H21N3O3S. The van der Waals surface area contributed by atoms with Gasteiger partial charge in [-0.2, -0.15) is 0 Å². The molecule has 2 aromatic rings. The molecule has 6 nitrogen and oxygen atoms in total. The predicted octanol–water partition coefficient (Wildman–Crippen LogP) is 2.76. The van der Waals surface area contributed by atoms with E-state index in [1.165, 1.54) is 0 Å². The number of benzene rings is 2. The van der Waals surface area contributed by atoms with Gasteiger partial charge in [-0.1, -0.05) is 31.2 Å². The Labute approximate surface area is 148 Å².